The van der Waals surface area contributed by atoms with Crippen molar-refractivity contribution in [3.63, 3.8) is 0 Å². The maximum absolute atomic E-state index is 16.1. The SMILES string of the molecule is NC(=O)n1cc(N2CCN3CC[C@@H](C(=O)Nc4cccc(-c5ccc6c(c5Cl)CNC6=O)c4F)N3C2=O)c2ccc(C3(N4C(=O)c5ccccc5C4=O)CC3)cc21. The molecule has 10 rings (SSSR count). The third kappa shape index (κ3) is 5.04. The van der Waals surface area contributed by atoms with E-state index in [1.165, 1.54) is 37.7 Å². The Kier molecular flexibility index (Phi) is 7.63. The van der Waals surface area contributed by atoms with Crippen molar-refractivity contribution >= 4 is 69.6 Å². The normalized spacial score (nSPS) is 19.5. The highest BCUT2D eigenvalue weighted by Gasteiger charge is 2.57. The first-order chi connectivity index (χ1) is 27.5. The number of halogens is 2. The Bertz CT molecular complexity index is 2660. The summed E-state index contributed by atoms with van der Waals surface area (Å²) in [6, 6.07) is 17.4. The van der Waals surface area contributed by atoms with Crippen molar-refractivity contribution in [2.24, 2.45) is 5.73 Å². The lowest BCUT2D eigenvalue weighted by molar-refractivity contribution is -0.122. The van der Waals surface area contributed by atoms with Gasteiger partial charge in [-0.15, -0.1) is 0 Å². The lowest BCUT2D eigenvalue weighted by Gasteiger charge is -2.41. The minimum absolute atomic E-state index is 0.0991. The second-order valence-electron chi connectivity index (χ2n) is 14.8. The first kappa shape index (κ1) is 34.9. The maximum Gasteiger partial charge on any atom is 0.339 e. The van der Waals surface area contributed by atoms with Gasteiger partial charge in [0.15, 0.2) is 5.82 Å². The Hall–Kier alpha value is -6.58. The first-order valence-electron chi connectivity index (χ1n) is 18.5. The van der Waals surface area contributed by atoms with Crippen molar-refractivity contribution < 1.29 is 33.2 Å². The molecule has 0 spiro atoms. The Morgan fingerprint density at radius 2 is 1.58 bits per heavy atom. The van der Waals surface area contributed by atoms with Crippen LogP contribution in [0.1, 0.15) is 61.5 Å². The predicted octanol–water partition coefficient (Wildman–Crippen LogP) is 5.43. The van der Waals surface area contributed by atoms with Crippen molar-refractivity contribution in [3.05, 3.63) is 118 Å². The van der Waals surface area contributed by atoms with Gasteiger partial charge in [0, 0.05) is 60.0 Å². The summed E-state index contributed by atoms with van der Waals surface area (Å²) in [4.78, 5) is 82.9. The van der Waals surface area contributed by atoms with Crippen molar-refractivity contribution in [2.45, 2.75) is 37.4 Å². The minimum Gasteiger partial charge on any atom is -0.351 e. The Balaban J connectivity index is 0.929. The average molecular weight is 787 g/mol. The number of fused-ring (bicyclic) bond motifs is 4. The van der Waals surface area contributed by atoms with Crippen LogP contribution in [0.2, 0.25) is 5.02 Å². The molecule has 0 unspecified atom stereocenters. The standard InChI is InChI=1S/C41H32ClFN8O6/c42-33-22(10-11-24-28(33)19-45-35(24)52)23-6-3-7-29(34(23)43)46-36(53)30-12-15-47-16-17-48(40(57)51(30)47)32-20-49(39(44)56)31-18-21(8-9-27(31)32)41(13-14-41)50-37(54)25-4-1-2-5-26(25)38(50)55/h1-11,18,20,30H,12-17,19H2,(H2,44,56)(H,45,52)(H,46,53)/t30-/m0/s1. The van der Waals surface area contributed by atoms with Crippen molar-refractivity contribution in [2.75, 3.05) is 29.9 Å². The third-order valence-corrected chi connectivity index (χ3v) is 12.3. The van der Waals surface area contributed by atoms with E-state index in [0.29, 0.717) is 75.9 Å². The number of carbonyl (C=O) groups is 6. The van der Waals surface area contributed by atoms with Crippen LogP contribution in [0.5, 0.6) is 0 Å². The summed E-state index contributed by atoms with van der Waals surface area (Å²) in [7, 11) is 0. The van der Waals surface area contributed by atoms with Gasteiger partial charge in [-0.2, -0.15) is 0 Å². The first-order valence-corrected chi connectivity index (χ1v) is 18.8. The van der Waals surface area contributed by atoms with Gasteiger partial charge in [-0.3, -0.25) is 33.5 Å². The van der Waals surface area contributed by atoms with E-state index < -0.39 is 35.4 Å². The molecule has 57 heavy (non-hydrogen) atoms. The Morgan fingerprint density at radius 3 is 2.30 bits per heavy atom. The number of amides is 7. The number of benzene rings is 4. The van der Waals surface area contributed by atoms with Gasteiger partial charge in [-0.25, -0.2) is 24.0 Å². The van der Waals surface area contributed by atoms with Crippen molar-refractivity contribution in [1.29, 1.82) is 0 Å². The van der Waals surface area contributed by atoms with Crippen LogP contribution in [0, 0.1) is 5.82 Å². The predicted molar refractivity (Wildman–Crippen MR) is 206 cm³/mol. The Labute approximate surface area is 328 Å². The van der Waals surface area contributed by atoms with Gasteiger partial charge in [0.2, 0.25) is 5.91 Å². The van der Waals surface area contributed by atoms with Gasteiger partial charge in [0.25, 0.3) is 17.7 Å². The molecule has 14 nitrogen and oxygen atoms in total. The number of primary amides is 1. The van der Waals surface area contributed by atoms with Crippen LogP contribution < -0.4 is 21.3 Å². The van der Waals surface area contributed by atoms with E-state index in [2.05, 4.69) is 10.6 Å². The van der Waals surface area contributed by atoms with E-state index in [1.54, 1.807) is 65.7 Å². The number of imide groups is 1. The molecule has 1 aromatic heterocycles. The molecular formula is C41H32ClFN8O6. The number of aromatic nitrogens is 1. The van der Waals surface area contributed by atoms with E-state index in [-0.39, 0.29) is 53.5 Å². The Morgan fingerprint density at radius 1 is 0.860 bits per heavy atom. The molecule has 3 fully saturated rings. The minimum atomic E-state index is -0.977. The van der Waals surface area contributed by atoms with Gasteiger partial charge in [0.05, 0.1) is 38.6 Å². The molecule has 5 aliphatic rings. The molecule has 5 aromatic rings. The molecular weight excluding hydrogens is 755 g/mol. The van der Waals surface area contributed by atoms with Crippen LogP contribution >= 0.6 is 11.6 Å². The summed E-state index contributed by atoms with van der Waals surface area (Å²) >= 11 is 6.63. The molecule has 0 radical (unpaired) electrons. The molecule has 1 atom stereocenters. The fourth-order valence-electron chi connectivity index (χ4n) is 8.84. The second-order valence-corrected chi connectivity index (χ2v) is 15.2. The number of urea groups is 1. The van der Waals surface area contributed by atoms with Crippen molar-refractivity contribution in [3.8, 4) is 11.1 Å². The van der Waals surface area contributed by atoms with Crippen LogP contribution in [-0.4, -0.2) is 80.9 Å². The summed E-state index contributed by atoms with van der Waals surface area (Å²) in [5.74, 6) is -2.32. The van der Waals surface area contributed by atoms with Crippen LogP contribution in [0.25, 0.3) is 22.0 Å². The number of carbonyl (C=O) groups excluding carboxylic acids is 6. The number of nitrogens with zero attached hydrogens (tertiary/aromatic N) is 5. The number of hydrazine groups is 1. The van der Waals surface area contributed by atoms with Crippen LogP contribution in [0.15, 0.2) is 79.0 Å². The van der Waals surface area contributed by atoms with Crippen LogP contribution in [-0.2, 0) is 16.9 Å². The number of hydrogen-bond donors (Lipinski definition) is 3. The molecule has 4 aliphatic heterocycles. The van der Waals surface area contributed by atoms with E-state index in [1.807, 2.05) is 0 Å². The summed E-state index contributed by atoms with van der Waals surface area (Å²) in [6.07, 6.45) is 2.86. The topological polar surface area (TPSA) is 170 Å². The largest absolute Gasteiger partial charge is 0.351 e. The highest BCUT2D eigenvalue weighted by atomic mass is 35.5. The fourth-order valence-corrected chi connectivity index (χ4v) is 9.17. The van der Waals surface area contributed by atoms with Gasteiger partial charge in [0.1, 0.15) is 6.04 Å². The highest BCUT2D eigenvalue weighted by molar-refractivity contribution is 6.35. The van der Waals surface area contributed by atoms with Gasteiger partial charge >= 0.3 is 12.1 Å². The van der Waals surface area contributed by atoms with E-state index in [4.69, 9.17) is 17.3 Å². The third-order valence-electron chi connectivity index (χ3n) is 11.8. The zero-order valence-electron chi connectivity index (χ0n) is 30.1. The average Bonchev–Trinajstić information content (AvgIpc) is 3.44. The number of hydrogen-bond acceptors (Lipinski definition) is 7. The molecule has 7 amide bonds. The summed E-state index contributed by atoms with van der Waals surface area (Å²) in [5.41, 5.74) is 8.49. The molecule has 1 saturated carbocycles. The molecule has 2 saturated heterocycles. The van der Waals surface area contributed by atoms with Crippen LogP contribution in [0.4, 0.5) is 25.4 Å². The second kappa shape index (κ2) is 12.5. The molecule has 286 valence electrons. The zero-order valence-corrected chi connectivity index (χ0v) is 30.8. The quantitative estimate of drug-likeness (QED) is 0.193. The highest BCUT2D eigenvalue weighted by Crippen LogP contribution is 2.54. The van der Waals surface area contributed by atoms with E-state index in [0.717, 1.165) is 0 Å². The lowest BCUT2D eigenvalue weighted by Crippen LogP contribution is -2.60. The molecule has 5 heterocycles. The zero-order chi connectivity index (χ0) is 39.5. The molecule has 4 N–H and O–H groups in total. The monoisotopic (exact) mass is 786 g/mol. The van der Waals surface area contributed by atoms with E-state index >= 15 is 4.39 Å². The molecule has 0 bridgehead atoms. The van der Waals surface area contributed by atoms with Gasteiger partial charge < -0.3 is 16.4 Å². The summed E-state index contributed by atoms with van der Waals surface area (Å²) in [6.45, 7) is 1.24. The van der Waals surface area contributed by atoms with Gasteiger partial charge in [-0.05, 0) is 55.2 Å². The maximum atomic E-state index is 16.1. The molecule has 16 heteroatoms. The summed E-state index contributed by atoms with van der Waals surface area (Å²) < 4.78 is 17.3. The van der Waals surface area contributed by atoms with Crippen molar-refractivity contribution in [1.82, 2.24) is 24.8 Å². The smallest absolute Gasteiger partial charge is 0.339 e. The number of rotatable bonds is 6. The fraction of sp³-hybridized carbons (Fsp3) is 0.220. The van der Waals surface area contributed by atoms with E-state index in [9.17, 15) is 28.8 Å². The summed E-state index contributed by atoms with van der Waals surface area (Å²) in [5, 5.41) is 9.30. The number of nitrogens with two attached hydrogens (primary N) is 1. The lowest BCUT2D eigenvalue weighted by atomic mass is 9.99. The molecule has 1 aliphatic carbocycles. The van der Waals surface area contributed by atoms with Gasteiger partial charge in [-0.1, -0.05) is 54.1 Å². The number of nitrogens with one attached hydrogen (secondary N) is 2. The molecule has 4 aromatic carbocycles. The number of anilines is 2. The van der Waals surface area contributed by atoms with Crippen LogP contribution in [0.3, 0.4) is 0 Å².